The summed E-state index contributed by atoms with van der Waals surface area (Å²) in [7, 11) is -1.38. The van der Waals surface area contributed by atoms with Gasteiger partial charge in [0.2, 0.25) is 11.8 Å². The van der Waals surface area contributed by atoms with Gasteiger partial charge in [0.05, 0.1) is 11.7 Å². The van der Waals surface area contributed by atoms with Crippen molar-refractivity contribution in [1.29, 1.82) is 0 Å². The van der Waals surface area contributed by atoms with Crippen LogP contribution in [0.5, 0.6) is 0 Å². The van der Waals surface area contributed by atoms with Gasteiger partial charge in [0.15, 0.2) is 9.84 Å². The van der Waals surface area contributed by atoms with E-state index in [0.717, 1.165) is 11.3 Å². The highest BCUT2D eigenvalue weighted by Gasteiger charge is 2.64. The lowest BCUT2D eigenvalue weighted by molar-refractivity contribution is -0.144. The van der Waals surface area contributed by atoms with E-state index in [4.69, 9.17) is 0 Å². The molecule has 7 nitrogen and oxygen atoms in total. The highest BCUT2D eigenvalue weighted by molar-refractivity contribution is 7.93. The van der Waals surface area contributed by atoms with Crippen molar-refractivity contribution in [2.75, 3.05) is 43.9 Å². The van der Waals surface area contributed by atoms with Crippen molar-refractivity contribution in [2.45, 2.75) is 24.6 Å². The zero-order valence-electron chi connectivity index (χ0n) is 15.7. The van der Waals surface area contributed by atoms with E-state index in [-0.39, 0.29) is 30.7 Å². The van der Waals surface area contributed by atoms with Crippen LogP contribution in [-0.4, -0.2) is 73.8 Å². The van der Waals surface area contributed by atoms with E-state index in [2.05, 4.69) is 4.90 Å². The number of hydrogen-bond acceptors (Lipinski definition) is 5. The summed E-state index contributed by atoms with van der Waals surface area (Å²) in [5.41, 5.74) is 2.17. The Balaban J connectivity index is 1.60. The van der Waals surface area contributed by atoms with Crippen LogP contribution in [0.3, 0.4) is 0 Å². The summed E-state index contributed by atoms with van der Waals surface area (Å²) in [4.78, 5) is 30.4. The lowest BCUT2D eigenvalue weighted by Gasteiger charge is -2.49. The molecule has 2 fully saturated rings. The van der Waals surface area contributed by atoms with E-state index in [0.29, 0.717) is 26.1 Å². The minimum atomic E-state index is -3.38. The average Bonchev–Trinajstić information content (AvgIpc) is 2.75. The fraction of sp³-hybridized carbons (Fsp3) is 0.579. The first-order valence-electron chi connectivity index (χ1n) is 9.31. The fourth-order valence-electron chi connectivity index (χ4n) is 4.65. The quantitative estimate of drug-likeness (QED) is 0.697. The number of anilines is 1. The number of fused-ring (bicyclic) bond motifs is 1. The second-order valence-corrected chi connectivity index (χ2v) is 10.4. The molecule has 2 saturated heterocycles. The molecule has 0 bridgehead atoms. The van der Waals surface area contributed by atoms with E-state index in [1.54, 1.807) is 4.90 Å². The first kappa shape index (κ1) is 18.3. The Kier molecular flexibility index (Phi) is 4.21. The Labute approximate surface area is 159 Å². The summed E-state index contributed by atoms with van der Waals surface area (Å²) >= 11 is 0. The molecule has 0 aliphatic carbocycles. The van der Waals surface area contributed by atoms with Crippen molar-refractivity contribution in [2.24, 2.45) is 5.92 Å². The maximum Gasteiger partial charge on any atom is 0.227 e. The van der Waals surface area contributed by atoms with Gasteiger partial charge in [-0.1, -0.05) is 18.2 Å². The van der Waals surface area contributed by atoms with Gasteiger partial charge in [0.25, 0.3) is 0 Å². The Morgan fingerprint density at radius 1 is 1.11 bits per heavy atom. The Morgan fingerprint density at radius 2 is 1.81 bits per heavy atom. The number of benzene rings is 1. The fourth-order valence-corrected chi connectivity index (χ4v) is 6.96. The standard InChI is InChI=1S/C19H25N3O4S/c1-14(23)22-12-19(13-22)16(7-10-27(19,25)26)18(24)21-9-8-20(2)17-6-4-3-5-15(17)11-21/h3-6,16H,7-13H2,1-2H3. The van der Waals surface area contributed by atoms with Crippen LogP contribution in [0.1, 0.15) is 18.9 Å². The van der Waals surface area contributed by atoms with E-state index in [1.165, 1.54) is 11.8 Å². The van der Waals surface area contributed by atoms with Crippen molar-refractivity contribution >= 4 is 27.3 Å². The van der Waals surface area contributed by atoms with Gasteiger partial charge in [-0.05, 0) is 18.1 Å². The number of carbonyl (C=O) groups is 2. The van der Waals surface area contributed by atoms with Crippen molar-refractivity contribution in [1.82, 2.24) is 9.80 Å². The first-order valence-corrected chi connectivity index (χ1v) is 11.0. The van der Waals surface area contributed by atoms with E-state index in [9.17, 15) is 18.0 Å². The van der Waals surface area contributed by atoms with E-state index >= 15 is 0 Å². The van der Waals surface area contributed by atoms with Crippen molar-refractivity contribution < 1.29 is 18.0 Å². The summed E-state index contributed by atoms with van der Waals surface area (Å²) in [6, 6.07) is 8.00. The molecule has 4 rings (SSSR count). The summed E-state index contributed by atoms with van der Waals surface area (Å²) in [6.45, 7) is 3.48. The van der Waals surface area contributed by atoms with E-state index in [1.807, 2.05) is 31.3 Å². The van der Waals surface area contributed by atoms with E-state index < -0.39 is 20.5 Å². The minimum absolute atomic E-state index is 0.0273. The van der Waals surface area contributed by atoms with Crippen molar-refractivity contribution in [3.63, 3.8) is 0 Å². The maximum atomic E-state index is 13.4. The predicted octanol–water partition coefficient (Wildman–Crippen LogP) is 0.501. The molecule has 2 amide bonds. The van der Waals surface area contributed by atoms with Gasteiger partial charge < -0.3 is 14.7 Å². The molecule has 1 aromatic rings. The smallest absolute Gasteiger partial charge is 0.227 e. The molecule has 0 N–H and O–H groups in total. The third-order valence-electron chi connectivity index (χ3n) is 6.37. The van der Waals surface area contributed by atoms with Gasteiger partial charge in [-0.15, -0.1) is 0 Å². The maximum absolute atomic E-state index is 13.4. The molecule has 3 heterocycles. The third-order valence-corrected chi connectivity index (χ3v) is 8.93. The summed E-state index contributed by atoms with van der Waals surface area (Å²) in [5, 5.41) is 0. The first-order chi connectivity index (χ1) is 12.7. The molecule has 1 aromatic carbocycles. The number of likely N-dealkylation sites (tertiary alicyclic amines) is 1. The molecular formula is C19H25N3O4S. The van der Waals surface area contributed by atoms with Crippen molar-refractivity contribution in [3.8, 4) is 0 Å². The second kappa shape index (κ2) is 6.22. The van der Waals surface area contributed by atoms with Crippen LogP contribution in [0.4, 0.5) is 5.69 Å². The lowest BCUT2D eigenvalue weighted by atomic mass is 9.82. The Bertz CT molecular complexity index is 892. The van der Waals surface area contributed by atoms with Crippen LogP contribution in [-0.2, 0) is 26.0 Å². The molecule has 1 spiro atoms. The van der Waals surface area contributed by atoms with Gasteiger partial charge >= 0.3 is 0 Å². The topological polar surface area (TPSA) is 78.0 Å². The van der Waals surface area contributed by atoms with Crippen LogP contribution in [0.15, 0.2) is 24.3 Å². The molecule has 27 heavy (non-hydrogen) atoms. The van der Waals surface area contributed by atoms with Gasteiger partial charge in [-0.3, -0.25) is 9.59 Å². The van der Waals surface area contributed by atoms with Crippen LogP contribution >= 0.6 is 0 Å². The highest BCUT2D eigenvalue weighted by atomic mass is 32.2. The average molecular weight is 391 g/mol. The molecule has 0 aromatic heterocycles. The molecular weight excluding hydrogens is 366 g/mol. The van der Waals surface area contributed by atoms with Crippen LogP contribution in [0, 0.1) is 5.92 Å². The second-order valence-electron chi connectivity index (χ2n) is 7.91. The third kappa shape index (κ3) is 2.72. The van der Waals surface area contributed by atoms with Gasteiger partial charge in [-0.2, -0.15) is 0 Å². The Hall–Kier alpha value is -2.09. The number of para-hydroxylation sites is 1. The Morgan fingerprint density at radius 3 is 2.52 bits per heavy atom. The summed E-state index contributed by atoms with van der Waals surface area (Å²) in [6.07, 6.45) is 0.348. The molecule has 3 aliphatic rings. The molecule has 3 aliphatic heterocycles. The summed E-state index contributed by atoms with van der Waals surface area (Å²) < 4.78 is 24.4. The monoisotopic (exact) mass is 391 g/mol. The largest absolute Gasteiger partial charge is 0.373 e. The van der Waals surface area contributed by atoms with Crippen molar-refractivity contribution in [3.05, 3.63) is 29.8 Å². The zero-order chi connectivity index (χ0) is 19.4. The number of sulfone groups is 1. The molecule has 8 heteroatoms. The number of nitrogens with zero attached hydrogens (tertiary/aromatic N) is 3. The minimum Gasteiger partial charge on any atom is -0.373 e. The molecule has 1 atom stereocenters. The van der Waals surface area contributed by atoms with Gasteiger partial charge in [-0.25, -0.2) is 8.42 Å². The lowest BCUT2D eigenvalue weighted by Crippen LogP contribution is -2.69. The summed E-state index contributed by atoms with van der Waals surface area (Å²) in [5.74, 6) is -0.767. The molecule has 0 saturated carbocycles. The SMILES string of the molecule is CC(=O)N1CC2(C1)C(C(=O)N1CCN(C)c3ccccc3C1)CCS2(=O)=O. The number of likely N-dealkylation sites (N-methyl/N-ethyl adjacent to an activating group) is 1. The predicted molar refractivity (Wildman–Crippen MR) is 102 cm³/mol. The molecule has 1 unspecified atom stereocenters. The van der Waals surface area contributed by atoms with Crippen LogP contribution in [0.2, 0.25) is 0 Å². The number of rotatable bonds is 1. The zero-order valence-corrected chi connectivity index (χ0v) is 16.5. The number of amides is 2. The number of carbonyl (C=O) groups excluding carboxylic acids is 2. The molecule has 146 valence electrons. The normalized spacial score (nSPS) is 25.7. The highest BCUT2D eigenvalue weighted by Crippen LogP contribution is 2.45. The molecule has 0 radical (unpaired) electrons. The number of hydrogen-bond donors (Lipinski definition) is 0. The van der Waals surface area contributed by atoms with Crippen LogP contribution in [0.25, 0.3) is 0 Å². The van der Waals surface area contributed by atoms with Crippen LogP contribution < -0.4 is 4.90 Å². The van der Waals surface area contributed by atoms with Gasteiger partial charge in [0.1, 0.15) is 4.75 Å². The van der Waals surface area contributed by atoms with Gasteiger partial charge in [0, 0.05) is 52.4 Å².